The summed E-state index contributed by atoms with van der Waals surface area (Å²) in [6, 6.07) is 1.57. The van der Waals surface area contributed by atoms with E-state index in [9.17, 15) is 9.50 Å². The molecule has 0 aliphatic heterocycles. The molecule has 0 heterocycles. The minimum Gasteiger partial charge on any atom is -0.492 e. The normalized spacial score (nSPS) is 12.1. The van der Waals surface area contributed by atoms with E-state index in [-0.39, 0.29) is 24.7 Å². The van der Waals surface area contributed by atoms with Crippen molar-refractivity contribution < 1.29 is 24.1 Å². The molecule has 1 unspecified atom stereocenters. The van der Waals surface area contributed by atoms with Gasteiger partial charge in [-0.05, 0) is 22.0 Å². The molecule has 0 aliphatic carbocycles. The Labute approximate surface area is 113 Å². The smallest absolute Gasteiger partial charge is 0.210 e. The third kappa shape index (κ3) is 3.24. The second kappa shape index (κ2) is 6.77. The Bertz CT molecular complexity index is 417. The Morgan fingerprint density at radius 2 is 2.00 bits per heavy atom. The summed E-state index contributed by atoms with van der Waals surface area (Å²) in [6.07, 6.45) is -0.932. The Hall–Kier alpha value is -1.05. The van der Waals surface area contributed by atoms with Gasteiger partial charge in [-0.15, -0.1) is 0 Å². The van der Waals surface area contributed by atoms with Crippen LogP contribution in [-0.4, -0.2) is 43.7 Å². The number of hydrogen-bond donors (Lipinski definition) is 3. The lowest BCUT2D eigenvalue weighted by Gasteiger charge is -2.16. The Kier molecular flexibility index (Phi) is 5.64. The van der Waals surface area contributed by atoms with E-state index in [1.807, 2.05) is 0 Å². The SMILES string of the molecule is COc1c(Br)cc(NCC(O)CO)c(OC)c1F. The molecule has 0 aromatic heterocycles. The van der Waals surface area contributed by atoms with Crippen molar-refractivity contribution in [2.75, 3.05) is 32.7 Å². The van der Waals surface area contributed by atoms with Crippen LogP contribution in [0.3, 0.4) is 0 Å². The van der Waals surface area contributed by atoms with Gasteiger partial charge in [0, 0.05) is 6.54 Å². The largest absolute Gasteiger partial charge is 0.492 e. The van der Waals surface area contributed by atoms with Crippen LogP contribution in [0.1, 0.15) is 0 Å². The Morgan fingerprint density at radius 1 is 1.39 bits per heavy atom. The van der Waals surface area contributed by atoms with Crippen molar-refractivity contribution in [3.8, 4) is 11.5 Å². The summed E-state index contributed by atoms with van der Waals surface area (Å²) in [6.45, 7) is -0.305. The summed E-state index contributed by atoms with van der Waals surface area (Å²) in [7, 11) is 2.69. The van der Waals surface area contributed by atoms with Crippen LogP contribution in [0.4, 0.5) is 10.1 Å². The van der Waals surface area contributed by atoms with Gasteiger partial charge in [0.1, 0.15) is 0 Å². The van der Waals surface area contributed by atoms with Crippen LogP contribution < -0.4 is 14.8 Å². The van der Waals surface area contributed by atoms with Gasteiger partial charge in [-0.2, -0.15) is 4.39 Å². The number of hydrogen-bond acceptors (Lipinski definition) is 5. The van der Waals surface area contributed by atoms with Gasteiger partial charge >= 0.3 is 0 Å². The molecule has 18 heavy (non-hydrogen) atoms. The van der Waals surface area contributed by atoms with Gasteiger partial charge in [-0.1, -0.05) is 0 Å². The highest BCUT2D eigenvalue weighted by atomic mass is 79.9. The lowest BCUT2D eigenvalue weighted by molar-refractivity contribution is 0.105. The fraction of sp³-hybridized carbons (Fsp3) is 0.455. The van der Waals surface area contributed by atoms with Crippen molar-refractivity contribution in [2.45, 2.75) is 6.10 Å². The molecule has 0 bridgehead atoms. The highest BCUT2D eigenvalue weighted by Crippen LogP contribution is 2.39. The minimum absolute atomic E-state index is 0.0137. The third-order valence-corrected chi connectivity index (χ3v) is 2.87. The maximum absolute atomic E-state index is 14.0. The predicted octanol–water partition coefficient (Wildman–Crippen LogP) is 1.37. The van der Waals surface area contributed by atoms with E-state index in [2.05, 4.69) is 21.2 Å². The highest BCUT2D eigenvalue weighted by Gasteiger charge is 2.19. The molecule has 1 rings (SSSR count). The summed E-state index contributed by atoms with van der Waals surface area (Å²) in [5.74, 6) is -0.615. The van der Waals surface area contributed by atoms with E-state index in [1.165, 1.54) is 14.2 Å². The zero-order chi connectivity index (χ0) is 13.7. The molecule has 0 saturated carbocycles. The monoisotopic (exact) mass is 323 g/mol. The summed E-state index contributed by atoms with van der Waals surface area (Å²) >= 11 is 3.17. The molecule has 0 saturated heterocycles. The van der Waals surface area contributed by atoms with E-state index in [4.69, 9.17) is 14.6 Å². The number of aliphatic hydroxyl groups excluding tert-OH is 2. The van der Waals surface area contributed by atoms with Gasteiger partial charge in [0.25, 0.3) is 0 Å². The number of anilines is 1. The fourth-order valence-corrected chi connectivity index (χ4v) is 1.96. The third-order valence-electron chi connectivity index (χ3n) is 2.28. The van der Waals surface area contributed by atoms with Gasteiger partial charge in [0.15, 0.2) is 11.5 Å². The maximum Gasteiger partial charge on any atom is 0.210 e. The van der Waals surface area contributed by atoms with Crippen LogP contribution in [-0.2, 0) is 0 Å². The van der Waals surface area contributed by atoms with Crippen molar-refractivity contribution in [1.82, 2.24) is 0 Å². The lowest BCUT2D eigenvalue weighted by Crippen LogP contribution is -2.23. The minimum atomic E-state index is -0.932. The average Bonchev–Trinajstić information content (AvgIpc) is 2.36. The molecule has 102 valence electrons. The van der Waals surface area contributed by atoms with Crippen LogP contribution in [0.5, 0.6) is 11.5 Å². The molecule has 5 nitrogen and oxygen atoms in total. The van der Waals surface area contributed by atoms with Crippen LogP contribution in [0.15, 0.2) is 10.5 Å². The van der Waals surface area contributed by atoms with E-state index >= 15 is 0 Å². The Morgan fingerprint density at radius 3 is 2.50 bits per heavy atom. The molecule has 0 aliphatic rings. The van der Waals surface area contributed by atoms with Gasteiger partial charge < -0.3 is 25.0 Å². The molecule has 1 aromatic rings. The zero-order valence-corrected chi connectivity index (χ0v) is 11.6. The maximum atomic E-state index is 14.0. The first kappa shape index (κ1) is 15.0. The van der Waals surface area contributed by atoms with E-state index in [0.717, 1.165) is 0 Å². The highest BCUT2D eigenvalue weighted by molar-refractivity contribution is 9.10. The molecule has 3 N–H and O–H groups in total. The van der Waals surface area contributed by atoms with Gasteiger partial charge in [0.05, 0.1) is 37.1 Å². The summed E-state index contributed by atoms with van der Waals surface area (Å²) in [5.41, 5.74) is 0.357. The molecule has 7 heteroatoms. The summed E-state index contributed by atoms with van der Waals surface area (Å²) in [5, 5.41) is 20.7. The predicted molar refractivity (Wildman–Crippen MR) is 68.8 cm³/mol. The fourth-order valence-electron chi connectivity index (χ4n) is 1.39. The number of benzene rings is 1. The molecule has 1 aromatic carbocycles. The second-order valence-electron chi connectivity index (χ2n) is 3.50. The lowest BCUT2D eigenvalue weighted by atomic mass is 10.2. The van der Waals surface area contributed by atoms with Crippen molar-refractivity contribution >= 4 is 21.6 Å². The average molecular weight is 324 g/mol. The molecule has 1 atom stereocenters. The van der Waals surface area contributed by atoms with E-state index in [1.54, 1.807) is 6.07 Å². The number of nitrogens with one attached hydrogen (secondary N) is 1. The topological polar surface area (TPSA) is 71.0 Å². The standard InChI is InChI=1S/C11H15BrFNO4/c1-17-10-7(12)3-8(11(18-2)9(10)13)14-4-6(16)5-15/h3,6,14-16H,4-5H2,1-2H3. The first-order chi connectivity index (χ1) is 8.54. The molecule has 0 radical (unpaired) electrons. The van der Waals surface area contributed by atoms with E-state index < -0.39 is 11.9 Å². The van der Waals surface area contributed by atoms with Crippen LogP contribution >= 0.6 is 15.9 Å². The Balaban J connectivity index is 3.04. The zero-order valence-electron chi connectivity index (χ0n) is 10.0. The van der Waals surface area contributed by atoms with Gasteiger partial charge in [-0.3, -0.25) is 0 Å². The number of methoxy groups -OCH3 is 2. The van der Waals surface area contributed by atoms with Crippen molar-refractivity contribution in [3.05, 3.63) is 16.4 Å². The number of aliphatic hydroxyl groups is 2. The van der Waals surface area contributed by atoms with Gasteiger partial charge in [-0.25, -0.2) is 0 Å². The van der Waals surface area contributed by atoms with Crippen molar-refractivity contribution in [3.63, 3.8) is 0 Å². The number of ether oxygens (including phenoxy) is 2. The molecule has 0 amide bonds. The van der Waals surface area contributed by atoms with E-state index in [0.29, 0.717) is 10.2 Å². The molecular weight excluding hydrogens is 309 g/mol. The molecular formula is C11H15BrFNO4. The van der Waals surface area contributed by atoms with Crippen LogP contribution in [0.25, 0.3) is 0 Å². The van der Waals surface area contributed by atoms with Crippen molar-refractivity contribution in [1.29, 1.82) is 0 Å². The summed E-state index contributed by atoms with van der Waals surface area (Å²) < 4.78 is 24.2. The second-order valence-corrected chi connectivity index (χ2v) is 4.36. The number of rotatable bonds is 6. The number of halogens is 2. The van der Waals surface area contributed by atoms with Crippen molar-refractivity contribution in [2.24, 2.45) is 0 Å². The summed E-state index contributed by atoms with van der Waals surface area (Å²) in [4.78, 5) is 0. The van der Waals surface area contributed by atoms with Crippen LogP contribution in [0, 0.1) is 5.82 Å². The van der Waals surface area contributed by atoms with Gasteiger partial charge in [0.2, 0.25) is 5.82 Å². The molecule has 0 fully saturated rings. The first-order valence-electron chi connectivity index (χ1n) is 5.17. The first-order valence-corrected chi connectivity index (χ1v) is 5.97. The molecule has 0 spiro atoms. The quantitative estimate of drug-likeness (QED) is 0.737. The van der Waals surface area contributed by atoms with Crippen LogP contribution in [0.2, 0.25) is 0 Å².